The van der Waals surface area contributed by atoms with Crippen molar-refractivity contribution in [1.82, 2.24) is 15.2 Å². The molecule has 0 unspecified atom stereocenters. The minimum Gasteiger partial charge on any atom is -0.354 e. The number of aromatic nitrogens is 1. The first-order valence-corrected chi connectivity index (χ1v) is 8.63. The molecule has 1 fully saturated rings. The number of alkyl halides is 3. The largest absolute Gasteiger partial charge is 0.417 e. The first kappa shape index (κ1) is 19.5. The number of carbonyl (C=O) groups excluding carboxylic acids is 1. The van der Waals surface area contributed by atoms with Crippen molar-refractivity contribution < 1.29 is 18.0 Å². The predicted molar refractivity (Wildman–Crippen MR) is 90.4 cm³/mol. The molecule has 2 heterocycles. The Kier molecular flexibility index (Phi) is 6.64. The minimum absolute atomic E-state index is 0.0230. The van der Waals surface area contributed by atoms with E-state index >= 15 is 0 Å². The predicted octanol–water partition coefficient (Wildman–Crippen LogP) is 2.53. The summed E-state index contributed by atoms with van der Waals surface area (Å²) < 4.78 is 37.7. The Morgan fingerprint density at radius 1 is 1.20 bits per heavy atom. The van der Waals surface area contributed by atoms with E-state index in [0.29, 0.717) is 38.5 Å². The summed E-state index contributed by atoms with van der Waals surface area (Å²) in [5.41, 5.74) is -0.743. The second-order valence-corrected chi connectivity index (χ2v) is 6.25. The fourth-order valence-electron chi connectivity index (χ4n) is 2.85. The van der Waals surface area contributed by atoms with Gasteiger partial charge in [0.25, 0.3) is 0 Å². The summed E-state index contributed by atoms with van der Waals surface area (Å²) in [5, 5.41) is 3.01. The van der Waals surface area contributed by atoms with Gasteiger partial charge in [-0.25, -0.2) is 4.98 Å². The van der Waals surface area contributed by atoms with Gasteiger partial charge >= 0.3 is 6.18 Å². The molecule has 8 heteroatoms. The average molecular weight is 358 g/mol. The van der Waals surface area contributed by atoms with Crippen LogP contribution in [0, 0.1) is 0 Å². The van der Waals surface area contributed by atoms with E-state index < -0.39 is 11.7 Å². The molecular formula is C17H25F3N4O. The number of halogens is 3. The van der Waals surface area contributed by atoms with E-state index in [-0.39, 0.29) is 11.9 Å². The van der Waals surface area contributed by atoms with Crippen LogP contribution in [0.25, 0.3) is 0 Å². The number of piperazine rings is 1. The van der Waals surface area contributed by atoms with E-state index in [4.69, 9.17) is 0 Å². The lowest BCUT2D eigenvalue weighted by molar-refractivity contribution is -0.137. The number of rotatable bonds is 6. The molecule has 1 aliphatic heterocycles. The van der Waals surface area contributed by atoms with Crippen molar-refractivity contribution >= 4 is 11.7 Å². The lowest BCUT2D eigenvalue weighted by Crippen LogP contribution is -2.50. The average Bonchev–Trinajstić information content (AvgIpc) is 2.59. The standard InChI is InChI=1S/C17H25F3N4O/c1-3-14(4-2)22-16(25)12-23-7-9-24(10-8-23)15-6-5-13(11-21-15)17(18,19)20/h5-6,11,14H,3-4,7-10,12H2,1-2H3,(H,22,25). The van der Waals surface area contributed by atoms with Gasteiger partial charge in [-0.05, 0) is 25.0 Å². The zero-order valence-electron chi connectivity index (χ0n) is 14.6. The van der Waals surface area contributed by atoms with E-state index in [2.05, 4.69) is 15.2 Å². The number of nitrogens with one attached hydrogen (secondary N) is 1. The second kappa shape index (κ2) is 8.51. The van der Waals surface area contributed by atoms with E-state index in [9.17, 15) is 18.0 Å². The highest BCUT2D eigenvalue weighted by Gasteiger charge is 2.31. The number of nitrogens with zero attached hydrogens (tertiary/aromatic N) is 3. The quantitative estimate of drug-likeness (QED) is 0.849. The van der Waals surface area contributed by atoms with Gasteiger partial charge in [0.15, 0.2) is 0 Å². The Hall–Kier alpha value is -1.83. The first-order valence-electron chi connectivity index (χ1n) is 8.63. The molecule has 0 atom stereocenters. The monoisotopic (exact) mass is 358 g/mol. The summed E-state index contributed by atoms with van der Waals surface area (Å²) >= 11 is 0. The van der Waals surface area contributed by atoms with Crippen LogP contribution in [-0.4, -0.2) is 54.6 Å². The van der Waals surface area contributed by atoms with Gasteiger partial charge in [0, 0.05) is 38.4 Å². The fourth-order valence-corrected chi connectivity index (χ4v) is 2.85. The Balaban J connectivity index is 1.82. The lowest BCUT2D eigenvalue weighted by atomic mass is 10.2. The number of anilines is 1. The van der Waals surface area contributed by atoms with Crippen LogP contribution in [0.1, 0.15) is 32.3 Å². The summed E-state index contributed by atoms with van der Waals surface area (Å²) in [4.78, 5) is 20.0. The topological polar surface area (TPSA) is 48.5 Å². The number of hydrogen-bond donors (Lipinski definition) is 1. The number of amides is 1. The van der Waals surface area contributed by atoms with Gasteiger partial charge in [-0.2, -0.15) is 13.2 Å². The summed E-state index contributed by atoms with van der Waals surface area (Å²) in [6.45, 7) is 7.07. The number of hydrogen-bond acceptors (Lipinski definition) is 4. The van der Waals surface area contributed by atoms with Gasteiger partial charge < -0.3 is 10.2 Å². The summed E-state index contributed by atoms with van der Waals surface area (Å²) in [6, 6.07) is 2.67. The van der Waals surface area contributed by atoms with E-state index in [1.807, 2.05) is 18.7 Å². The molecule has 1 amide bonds. The number of pyridine rings is 1. The molecule has 0 spiro atoms. The second-order valence-electron chi connectivity index (χ2n) is 6.25. The Bertz CT molecular complexity index is 550. The van der Waals surface area contributed by atoms with Gasteiger partial charge in [-0.3, -0.25) is 9.69 Å². The van der Waals surface area contributed by atoms with E-state index in [0.717, 1.165) is 25.1 Å². The molecule has 140 valence electrons. The third-order valence-corrected chi connectivity index (χ3v) is 4.49. The molecule has 1 aliphatic rings. The summed E-state index contributed by atoms with van der Waals surface area (Å²) in [6.07, 6.45) is -1.68. The van der Waals surface area contributed by atoms with E-state index in [1.54, 1.807) is 0 Å². The van der Waals surface area contributed by atoms with Crippen molar-refractivity contribution in [3.8, 4) is 0 Å². The Labute approximate surface area is 146 Å². The number of carbonyl (C=O) groups is 1. The minimum atomic E-state index is -4.37. The molecule has 1 aromatic heterocycles. The molecule has 0 radical (unpaired) electrons. The molecular weight excluding hydrogens is 333 g/mol. The van der Waals surface area contributed by atoms with Gasteiger partial charge in [-0.1, -0.05) is 13.8 Å². The van der Waals surface area contributed by atoms with Crippen LogP contribution < -0.4 is 10.2 Å². The molecule has 5 nitrogen and oxygen atoms in total. The van der Waals surface area contributed by atoms with Crippen molar-refractivity contribution in [3.63, 3.8) is 0 Å². The van der Waals surface area contributed by atoms with Crippen LogP contribution in [0.2, 0.25) is 0 Å². The van der Waals surface area contributed by atoms with Crippen molar-refractivity contribution in [2.45, 2.75) is 38.9 Å². The molecule has 1 saturated heterocycles. The van der Waals surface area contributed by atoms with Crippen molar-refractivity contribution in [1.29, 1.82) is 0 Å². The van der Waals surface area contributed by atoms with Crippen LogP contribution in [0.3, 0.4) is 0 Å². The maximum absolute atomic E-state index is 12.6. The van der Waals surface area contributed by atoms with Crippen molar-refractivity contribution in [3.05, 3.63) is 23.9 Å². The highest BCUT2D eigenvalue weighted by atomic mass is 19.4. The van der Waals surface area contributed by atoms with Crippen LogP contribution in [0.15, 0.2) is 18.3 Å². The zero-order chi connectivity index (χ0) is 18.4. The van der Waals surface area contributed by atoms with Crippen LogP contribution in [-0.2, 0) is 11.0 Å². The van der Waals surface area contributed by atoms with Gasteiger partial charge in [-0.15, -0.1) is 0 Å². The van der Waals surface area contributed by atoms with Crippen molar-refractivity contribution in [2.24, 2.45) is 0 Å². The third-order valence-electron chi connectivity index (χ3n) is 4.49. The van der Waals surface area contributed by atoms with Crippen LogP contribution >= 0.6 is 0 Å². The van der Waals surface area contributed by atoms with Gasteiger partial charge in [0.2, 0.25) is 5.91 Å². The molecule has 0 aromatic carbocycles. The highest BCUT2D eigenvalue weighted by Crippen LogP contribution is 2.29. The van der Waals surface area contributed by atoms with Gasteiger partial charge in [0.1, 0.15) is 5.82 Å². The Morgan fingerprint density at radius 2 is 1.84 bits per heavy atom. The maximum atomic E-state index is 12.6. The summed E-state index contributed by atoms with van der Waals surface area (Å²) in [7, 11) is 0. The molecule has 0 bridgehead atoms. The smallest absolute Gasteiger partial charge is 0.354 e. The first-order chi connectivity index (χ1) is 11.8. The maximum Gasteiger partial charge on any atom is 0.417 e. The van der Waals surface area contributed by atoms with E-state index in [1.165, 1.54) is 6.07 Å². The normalized spacial score (nSPS) is 16.3. The highest BCUT2D eigenvalue weighted by molar-refractivity contribution is 5.78. The molecule has 25 heavy (non-hydrogen) atoms. The van der Waals surface area contributed by atoms with Crippen LogP contribution in [0.5, 0.6) is 0 Å². The SMILES string of the molecule is CCC(CC)NC(=O)CN1CCN(c2ccc(C(F)(F)F)cn2)CC1. The zero-order valence-corrected chi connectivity index (χ0v) is 14.6. The molecule has 0 aliphatic carbocycles. The molecule has 1 N–H and O–H groups in total. The van der Waals surface area contributed by atoms with Crippen molar-refractivity contribution in [2.75, 3.05) is 37.6 Å². The lowest BCUT2D eigenvalue weighted by Gasteiger charge is -2.35. The third kappa shape index (κ3) is 5.59. The van der Waals surface area contributed by atoms with Crippen LogP contribution in [0.4, 0.5) is 19.0 Å². The molecule has 2 rings (SSSR count). The summed E-state index contributed by atoms with van der Waals surface area (Å²) in [5.74, 6) is 0.559. The molecule has 0 saturated carbocycles. The fraction of sp³-hybridized carbons (Fsp3) is 0.647. The molecule has 1 aromatic rings. The Morgan fingerprint density at radius 3 is 2.32 bits per heavy atom. The van der Waals surface area contributed by atoms with Gasteiger partial charge in [0.05, 0.1) is 12.1 Å².